The summed E-state index contributed by atoms with van der Waals surface area (Å²) in [6.45, 7) is 3.59. The van der Waals surface area contributed by atoms with Crippen LogP contribution in [0.15, 0.2) is 30.5 Å². The number of aromatic amines is 1. The number of hydrogen-bond donors (Lipinski definition) is 1. The number of carbonyl (C=O) groups excluding carboxylic acids is 1. The molecule has 3 rings (SSSR count). The summed E-state index contributed by atoms with van der Waals surface area (Å²) in [4.78, 5) is 14.5. The Kier molecular flexibility index (Phi) is 4.13. The Morgan fingerprint density at radius 2 is 2.32 bits per heavy atom. The summed E-state index contributed by atoms with van der Waals surface area (Å²) in [5, 5.41) is 7.00. The zero-order valence-electron chi connectivity index (χ0n) is 13.0. The zero-order chi connectivity index (χ0) is 15.5. The molecule has 0 aliphatic carbocycles. The first-order chi connectivity index (χ1) is 10.7. The first-order valence-corrected chi connectivity index (χ1v) is 7.58. The Morgan fingerprint density at radius 1 is 1.45 bits per heavy atom. The topological polar surface area (TPSA) is 58.2 Å². The number of nitrogens with one attached hydrogen (secondary N) is 1. The first-order valence-electron chi connectivity index (χ1n) is 7.58. The maximum absolute atomic E-state index is 12.6. The molecule has 1 saturated heterocycles. The van der Waals surface area contributed by atoms with Crippen LogP contribution in [0.1, 0.15) is 29.2 Å². The molecule has 0 bridgehead atoms. The number of amides is 1. The molecule has 1 atom stereocenters. The predicted octanol–water partition coefficient (Wildman–Crippen LogP) is 2.29. The molecule has 1 aromatic heterocycles. The second-order valence-electron chi connectivity index (χ2n) is 5.83. The van der Waals surface area contributed by atoms with E-state index < -0.39 is 0 Å². The van der Waals surface area contributed by atoms with Crippen molar-refractivity contribution >= 4 is 5.91 Å². The molecule has 116 valence electrons. The third kappa shape index (κ3) is 2.98. The zero-order valence-corrected chi connectivity index (χ0v) is 13.0. The van der Waals surface area contributed by atoms with Crippen molar-refractivity contribution < 1.29 is 9.53 Å². The van der Waals surface area contributed by atoms with Crippen LogP contribution in [0.3, 0.4) is 0 Å². The Labute approximate surface area is 130 Å². The molecule has 0 radical (unpaired) electrons. The van der Waals surface area contributed by atoms with Crippen molar-refractivity contribution in [1.82, 2.24) is 15.1 Å². The molecule has 1 N–H and O–H groups in total. The smallest absolute Gasteiger partial charge is 0.227 e. The highest BCUT2D eigenvalue weighted by atomic mass is 16.5. The summed E-state index contributed by atoms with van der Waals surface area (Å²) >= 11 is 0. The Bertz CT molecular complexity index is 652. The van der Waals surface area contributed by atoms with Crippen molar-refractivity contribution in [2.24, 2.45) is 0 Å². The largest absolute Gasteiger partial charge is 0.496 e. The van der Waals surface area contributed by atoms with Gasteiger partial charge in [0.25, 0.3) is 0 Å². The Morgan fingerprint density at radius 3 is 3.05 bits per heavy atom. The molecule has 22 heavy (non-hydrogen) atoms. The van der Waals surface area contributed by atoms with E-state index in [1.807, 2.05) is 36.1 Å². The average molecular weight is 299 g/mol. The number of rotatable bonds is 4. The van der Waals surface area contributed by atoms with Gasteiger partial charge in [-0.2, -0.15) is 5.10 Å². The van der Waals surface area contributed by atoms with Gasteiger partial charge in [0.1, 0.15) is 5.75 Å². The second kappa shape index (κ2) is 6.22. The number of benzene rings is 1. The highest BCUT2D eigenvalue weighted by molar-refractivity contribution is 5.80. The summed E-state index contributed by atoms with van der Waals surface area (Å²) in [6, 6.07) is 7.94. The van der Waals surface area contributed by atoms with E-state index in [9.17, 15) is 4.79 Å². The lowest BCUT2D eigenvalue weighted by Gasteiger charge is -2.17. The van der Waals surface area contributed by atoms with Gasteiger partial charge in [-0.3, -0.25) is 9.89 Å². The summed E-state index contributed by atoms with van der Waals surface area (Å²) < 4.78 is 5.36. The van der Waals surface area contributed by atoms with Gasteiger partial charge in [-0.1, -0.05) is 17.7 Å². The fourth-order valence-electron chi connectivity index (χ4n) is 3.05. The molecule has 0 saturated carbocycles. The lowest BCUT2D eigenvalue weighted by molar-refractivity contribution is -0.129. The number of ether oxygens (including phenoxy) is 1. The highest BCUT2D eigenvalue weighted by Crippen LogP contribution is 2.27. The van der Waals surface area contributed by atoms with Crippen molar-refractivity contribution in [3.05, 3.63) is 47.3 Å². The summed E-state index contributed by atoms with van der Waals surface area (Å²) in [6.07, 6.45) is 3.14. The van der Waals surface area contributed by atoms with Crippen LogP contribution in [0, 0.1) is 6.92 Å². The summed E-state index contributed by atoms with van der Waals surface area (Å²) in [7, 11) is 1.64. The average Bonchev–Trinajstić information content (AvgIpc) is 3.18. The lowest BCUT2D eigenvalue weighted by atomic mass is 10.1. The van der Waals surface area contributed by atoms with Crippen LogP contribution in [0.2, 0.25) is 0 Å². The second-order valence-corrected chi connectivity index (χ2v) is 5.83. The Balaban J connectivity index is 1.67. The van der Waals surface area contributed by atoms with Crippen molar-refractivity contribution in [3.8, 4) is 5.75 Å². The molecule has 5 nitrogen and oxygen atoms in total. The van der Waals surface area contributed by atoms with Gasteiger partial charge in [0, 0.05) is 36.5 Å². The normalized spacial score (nSPS) is 17.7. The summed E-state index contributed by atoms with van der Waals surface area (Å²) in [5.74, 6) is 1.31. The van der Waals surface area contributed by atoms with Crippen LogP contribution in [0.5, 0.6) is 5.75 Å². The number of likely N-dealkylation sites (tertiary alicyclic amines) is 1. The molecule has 1 aromatic carbocycles. The molecule has 1 aliphatic rings. The molecule has 2 aromatic rings. The maximum atomic E-state index is 12.6. The van der Waals surface area contributed by atoms with Crippen molar-refractivity contribution in [1.29, 1.82) is 0 Å². The predicted molar refractivity (Wildman–Crippen MR) is 84.0 cm³/mol. The van der Waals surface area contributed by atoms with Crippen LogP contribution in [0.4, 0.5) is 0 Å². The minimum Gasteiger partial charge on any atom is -0.496 e. The number of hydrogen-bond acceptors (Lipinski definition) is 3. The minimum atomic E-state index is 0.158. The molecule has 5 heteroatoms. The van der Waals surface area contributed by atoms with Crippen LogP contribution >= 0.6 is 0 Å². The highest BCUT2D eigenvalue weighted by Gasteiger charge is 2.28. The van der Waals surface area contributed by atoms with E-state index in [0.29, 0.717) is 12.3 Å². The third-order valence-electron chi connectivity index (χ3n) is 4.28. The van der Waals surface area contributed by atoms with Gasteiger partial charge >= 0.3 is 0 Å². The van der Waals surface area contributed by atoms with E-state index in [2.05, 4.69) is 10.2 Å². The molecular formula is C17H21N3O2. The number of H-pyrrole nitrogens is 1. The Hall–Kier alpha value is -2.30. The van der Waals surface area contributed by atoms with Gasteiger partial charge in [-0.05, 0) is 25.5 Å². The van der Waals surface area contributed by atoms with Crippen molar-refractivity contribution in [2.45, 2.75) is 25.7 Å². The van der Waals surface area contributed by atoms with Crippen LogP contribution < -0.4 is 4.74 Å². The maximum Gasteiger partial charge on any atom is 0.227 e. The molecule has 0 unspecified atom stereocenters. The van der Waals surface area contributed by atoms with E-state index in [1.54, 1.807) is 13.3 Å². The number of carbonyl (C=O) groups is 1. The monoisotopic (exact) mass is 299 g/mol. The van der Waals surface area contributed by atoms with E-state index in [0.717, 1.165) is 42.1 Å². The molecule has 1 aliphatic heterocycles. The van der Waals surface area contributed by atoms with Gasteiger partial charge in [-0.15, -0.1) is 0 Å². The van der Waals surface area contributed by atoms with Crippen molar-refractivity contribution in [2.75, 3.05) is 20.2 Å². The summed E-state index contributed by atoms with van der Waals surface area (Å²) in [5.41, 5.74) is 3.21. The van der Waals surface area contributed by atoms with Gasteiger partial charge in [0.2, 0.25) is 5.91 Å². The van der Waals surface area contributed by atoms with Crippen LogP contribution in [-0.2, 0) is 11.2 Å². The van der Waals surface area contributed by atoms with E-state index in [1.165, 1.54) is 0 Å². The number of aromatic nitrogens is 2. The molecule has 1 amide bonds. The third-order valence-corrected chi connectivity index (χ3v) is 4.28. The fourth-order valence-corrected chi connectivity index (χ4v) is 3.05. The first kappa shape index (κ1) is 14.6. The standard InChI is InChI=1S/C17H21N3O2/c1-12-3-4-16(22-2)14(9-12)10-17(21)20-8-6-13(11-20)15-5-7-18-19-15/h3-5,7,9,13H,6,8,10-11H2,1-2H3,(H,18,19)/t13-/m1/s1. The van der Waals surface area contributed by atoms with E-state index in [4.69, 9.17) is 4.74 Å². The minimum absolute atomic E-state index is 0.158. The lowest BCUT2D eigenvalue weighted by Crippen LogP contribution is -2.30. The van der Waals surface area contributed by atoms with Crippen LogP contribution in [0.25, 0.3) is 0 Å². The van der Waals surface area contributed by atoms with Gasteiger partial charge in [0.05, 0.1) is 13.5 Å². The number of aryl methyl sites for hydroxylation is 1. The molecular weight excluding hydrogens is 278 g/mol. The van der Waals surface area contributed by atoms with Gasteiger partial charge in [0.15, 0.2) is 0 Å². The fraction of sp³-hybridized carbons (Fsp3) is 0.412. The van der Waals surface area contributed by atoms with Crippen LogP contribution in [-0.4, -0.2) is 41.2 Å². The number of nitrogens with zero attached hydrogens (tertiary/aromatic N) is 2. The quantitative estimate of drug-likeness (QED) is 0.942. The van der Waals surface area contributed by atoms with Gasteiger partial charge in [-0.25, -0.2) is 0 Å². The molecule has 0 spiro atoms. The number of methoxy groups -OCH3 is 1. The molecule has 2 heterocycles. The molecule has 1 fully saturated rings. The van der Waals surface area contributed by atoms with Crippen molar-refractivity contribution in [3.63, 3.8) is 0 Å². The van der Waals surface area contributed by atoms with E-state index >= 15 is 0 Å². The van der Waals surface area contributed by atoms with Gasteiger partial charge < -0.3 is 9.64 Å². The van der Waals surface area contributed by atoms with E-state index in [-0.39, 0.29) is 5.91 Å². The SMILES string of the molecule is COc1ccc(C)cc1CC(=O)N1CC[C@@H](c2ccn[nH]2)C1.